The Hall–Kier alpha value is -2.28. The van der Waals surface area contributed by atoms with Gasteiger partial charge in [0.2, 0.25) is 0 Å². The van der Waals surface area contributed by atoms with E-state index in [1.807, 2.05) is 12.1 Å². The fourth-order valence-corrected chi connectivity index (χ4v) is 2.82. The number of ether oxygens (including phenoxy) is 2. The molecule has 0 fully saturated rings. The fraction of sp³-hybridized carbons (Fsp3) is 0.133. The lowest BCUT2D eigenvalue weighted by Crippen LogP contribution is -2.21. The van der Waals surface area contributed by atoms with Crippen LogP contribution in [-0.4, -0.2) is 17.7 Å². The first-order valence-electron chi connectivity index (χ1n) is 6.42. The van der Waals surface area contributed by atoms with E-state index in [-0.39, 0.29) is 12.5 Å². The van der Waals surface area contributed by atoms with Gasteiger partial charge in [0.05, 0.1) is 5.92 Å². The van der Waals surface area contributed by atoms with Crippen LogP contribution < -0.4 is 10.5 Å². The van der Waals surface area contributed by atoms with Crippen molar-refractivity contribution >= 4 is 22.0 Å². The minimum Gasteiger partial charge on any atom is -0.505 e. The van der Waals surface area contributed by atoms with E-state index in [1.54, 1.807) is 6.07 Å². The molecule has 0 spiro atoms. The number of phenols is 1. The molecule has 1 heterocycles. The van der Waals surface area contributed by atoms with Crippen LogP contribution in [0.2, 0.25) is 0 Å². The van der Waals surface area contributed by atoms with E-state index < -0.39 is 17.6 Å². The van der Waals surface area contributed by atoms with E-state index in [4.69, 9.17) is 20.6 Å². The molecule has 3 rings (SSSR count). The van der Waals surface area contributed by atoms with Gasteiger partial charge < -0.3 is 20.3 Å². The summed E-state index contributed by atoms with van der Waals surface area (Å²) in [4.78, 5) is 0. The number of rotatable bonds is 2. The third-order valence-corrected chi connectivity index (χ3v) is 3.92. The highest BCUT2D eigenvalue weighted by atomic mass is 79.9. The maximum absolute atomic E-state index is 13.6. The van der Waals surface area contributed by atoms with E-state index in [9.17, 15) is 9.50 Å². The molecule has 114 valence electrons. The second-order valence-electron chi connectivity index (χ2n) is 4.85. The first kappa shape index (κ1) is 14.6. The van der Waals surface area contributed by atoms with Crippen LogP contribution in [0.1, 0.15) is 17.0 Å². The number of nitrogens with two attached hydrogens (primary N) is 1. The number of benzene rings is 2. The van der Waals surface area contributed by atoms with Crippen LogP contribution in [0.3, 0.4) is 0 Å². The molecule has 0 bridgehead atoms. The number of hydrogen-bond donors (Lipinski definition) is 3. The van der Waals surface area contributed by atoms with E-state index in [0.717, 1.165) is 16.1 Å². The Morgan fingerprint density at radius 3 is 2.77 bits per heavy atom. The number of nitrogens with one attached hydrogen (secondary N) is 1. The Morgan fingerprint density at radius 1 is 1.32 bits per heavy atom. The third-order valence-electron chi connectivity index (χ3n) is 3.43. The molecule has 1 aliphatic rings. The molecular weight excluding hydrogens is 355 g/mol. The normalized spacial score (nSPS) is 15.5. The van der Waals surface area contributed by atoms with Gasteiger partial charge in [0.1, 0.15) is 18.1 Å². The second-order valence-corrected chi connectivity index (χ2v) is 5.77. The van der Waals surface area contributed by atoms with Crippen molar-refractivity contribution in [3.05, 3.63) is 51.7 Å². The Bertz CT molecular complexity index is 767. The van der Waals surface area contributed by atoms with Crippen LogP contribution >= 0.6 is 15.9 Å². The van der Waals surface area contributed by atoms with Crippen molar-refractivity contribution in [2.45, 2.75) is 5.92 Å². The van der Waals surface area contributed by atoms with E-state index >= 15 is 0 Å². The zero-order valence-electron chi connectivity index (χ0n) is 11.3. The van der Waals surface area contributed by atoms with Crippen molar-refractivity contribution in [3.8, 4) is 17.2 Å². The first-order chi connectivity index (χ1) is 10.5. The van der Waals surface area contributed by atoms with Crippen LogP contribution in [0.5, 0.6) is 17.2 Å². The molecule has 2 aromatic carbocycles. The molecule has 4 N–H and O–H groups in total. The molecule has 5 nitrogen and oxygen atoms in total. The molecule has 0 unspecified atom stereocenters. The summed E-state index contributed by atoms with van der Waals surface area (Å²) >= 11 is 3.39. The van der Waals surface area contributed by atoms with Gasteiger partial charge >= 0.3 is 0 Å². The Morgan fingerprint density at radius 2 is 2.05 bits per heavy atom. The van der Waals surface area contributed by atoms with Crippen molar-refractivity contribution in [1.82, 2.24) is 0 Å². The van der Waals surface area contributed by atoms with Crippen molar-refractivity contribution in [1.29, 1.82) is 5.41 Å². The molecule has 0 aliphatic carbocycles. The highest BCUT2D eigenvalue weighted by Crippen LogP contribution is 2.46. The van der Waals surface area contributed by atoms with Crippen molar-refractivity contribution in [2.24, 2.45) is 5.73 Å². The zero-order chi connectivity index (χ0) is 15.9. The summed E-state index contributed by atoms with van der Waals surface area (Å²) in [5.41, 5.74) is 6.62. The molecular formula is C15H12BrFN2O3. The average Bonchev–Trinajstić information content (AvgIpc) is 2.45. The predicted molar refractivity (Wildman–Crippen MR) is 82.0 cm³/mol. The lowest BCUT2D eigenvalue weighted by molar-refractivity contribution is 0.273. The fourth-order valence-electron chi connectivity index (χ4n) is 2.44. The minimum atomic E-state index is -0.759. The summed E-state index contributed by atoms with van der Waals surface area (Å²) in [7, 11) is 0. The number of amidine groups is 1. The molecule has 0 amide bonds. The summed E-state index contributed by atoms with van der Waals surface area (Å²) in [5.74, 6) is -0.689. The molecule has 0 aromatic heterocycles. The first-order valence-corrected chi connectivity index (χ1v) is 7.21. The Labute approximate surface area is 134 Å². The van der Waals surface area contributed by atoms with Crippen LogP contribution in [0, 0.1) is 11.2 Å². The quantitative estimate of drug-likeness (QED) is 0.561. The second kappa shape index (κ2) is 5.49. The number of hydrogen-bond acceptors (Lipinski definition) is 4. The Kier molecular flexibility index (Phi) is 3.66. The summed E-state index contributed by atoms with van der Waals surface area (Å²) < 4.78 is 25.2. The van der Waals surface area contributed by atoms with Gasteiger partial charge in [-0.3, -0.25) is 5.41 Å². The van der Waals surface area contributed by atoms with Crippen molar-refractivity contribution in [3.63, 3.8) is 0 Å². The van der Waals surface area contributed by atoms with Crippen LogP contribution in [0.4, 0.5) is 4.39 Å². The number of halogens is 2. The lowest BCUT2D eigenvalue weighted by atomic mass is 9.88. The summed E-state index contributed by atoms with van der Waals surface area (Å²) in [6, 6.07) is 7.46. The zero-order valence-corrected chi connectivity index (χ0v) is 12.9. The topological polar surface area (TPSA) is 88.6 Å². The van der Waals surface area contributed by atoms with Crippen LogP contribution in [0.25, 0.3) is 0 Å². The highest BCUT2D eigenvalue weighted by molar-refractivity contribution is 9.10. The van der Waals surface area contributed by atoms with Gasteiger partial charge in [-0.15, -0.1) is 0 Å². The monoisotopic (exact) mass is 366 g/mol. The van der Waals surface area contributed by atoms with Gasteiger partial charge in [0, 0.05) is 21.7 Å². The molecule has 2 aromatic rings. The third kappa shape index (κ3) is 2.59. The predicted octanol–water partition coefficient (Wildman–Crippen LogP) is 3.44. The summed E-state index contributed by atoms with van der Waals surface area (Å²) in [5, 5.41) is 16.8. The molecule has 1 atom stereocenters. The molecule has 7 heteroatoms. The molecule has 1 aliphatic heterocycles. The Balaban J connectivity index is 2.11. The molecule has 0 saturated heterocycles. The smallest absolute Gasteiger partial charge is 0.279 e. The van der Waals surface area contributed by atoms with Gasteiger partial charge in [-0.2, -0.15) is 0 Å². The number of fused-ring (bicyclic) bond motifs is 2. The van der Waals surface area contributed by atoms with Gasteiger partial charge in [0.25, 0.3) is 6.02 Å². The van der Waals surface area contributed by atoms with Crippen molar-refractivity contribution < 1.29 is 19.0 Å². The lowest BCUT2D eigenvalue weighted by Gasteiger charge is -2.28. The molecule has 0 saturated carbocycles. The maximum Gasteiger partial charge on any atom is 0.279 e. The van der Waals surface area contributed by atoms with E-state index in [0.29, 0.717) is 17.1 Å². The average molecular weight is 367 g/mol. The minimum absolute atomic E-state index is 0.0836. The highest BCUT2D eigenvalue weighted by Gasteiger charge is 2.30. The van der Waals surface area contributed by atoms with Gasteiger partial charge in [-0.25, -0.2) is 4.39 Å². The van der Waals surface area contributed by atoms with Gasteiger partial charge in [-0.1, -0.05) is 15.9 Å². The standard InChI is InChI=1S/C15H12BrFN2O3/c16-7-1-2-13-8(3-7)10(6-21-15(18)19)9-4-12(20)11(17)5-14(9)22-13/h1-5,10,20H,6H2,(H3,18,19)/t10-/m0/s1. The van der Waals surface area contributed by atoms with Gasteiger partial charge in [0.15, 0.2) is 11.6 Å². The summed E-state index contributed by atoms with van der Waals surface area (Å²) in [6.45, 7) is 0.0836. The van der Waals surface area contributed by atoms with Gasteiger partial charge in [-0.05, 0) is 24.3 Å². The van der Waals surface area contributed by atoms with E-state index in [2.05, 4.69) is 15.9 Å². The number of aromatic hydroxyl groups is 1. The number of phenolic OH excluding ortho intramolecular Hbond substituents is 1. The van der Waals surface area contributed by atoms with Crippen molar-refractivity contribution in [2.75, 3.05) is 6.61 Å². The summed E-state index contributed by atoms with van der Waals surface area (Å²) in [6.07, 6.45) is 0. The van der Waals surface area contributed by atoms with Crippen LogP contribution in [-0.2, 0) is 4.74 Å². The molecule has 0 radical (unpaired) electrons. The maximum atomic E-state index is 13.6. The largest absolute Gasteiger partial charge is 0.505 e. The SMILES string of the molecule is N=C(N)OC[C@H]1c2cc(Br)ccc2Oc2cc(F)c(O)cc21. The van der Waals surface area contributed by atoms with Crippen LogP contribution in [0.15, 0.2) is 34.8 Å². The van der Waals surface area contributed by atoms with E-state index in [1.165, 1.54) is 6.07 Å². The molecule has 22 heavy (non-hydrogen) atoms.